The van der Waals surface area contributed by atoms with E-state index in [4.69, 9.17) is 0 Å². The molecule has 2 aromatic carbocycles. The van der Waals surface area contributed by atoms with Crippen LogP contribution in [0.15, 0.2) is 54.6 Å². The first kappa shape index (κ1) is 16.2. The summed E-state index contributed by atoms with van der Waals surface area (Å²) in [6.45, 7) is 2.80. The van der Waals surface area contributed by atoms with Crippen molar-refractivity contribution in [1.82, 2.24) is 4.90 Å². The standard InChI is InChI=1S/C19H20N2O3/c1-14(15-6-3-2-4-7-15)20-13-5-8-18(19(20)22)16-9-11-17(12-10-16)21(23)24/h2-4,6-7,9-12,14,18H,5,8,13H2,1H3/t14-,18-/m0/s1. The molecule has 1 aliphatic heterocycles. The van der Waals surface area contributed by atoms with E-state index in [1.165, 1.54) is 12.1 Å². The molecule has 0 N–H and O–H groups in total. The third kappa shape index (κ3) is 3.15. The van der Waals surface area contributed by atoms with E-state index in [1.54, 1.807) is 12.1 Å². The third-order valence-corrected chi connectivity index (χ3v) is 4.73. The van der Waals surface area contributed by atoms with Crippen LogP contribution in [0, 0.1) is 10.1 Å². The van der Waals surface area contributed by atoms with E-state index in [9.17, 15) is 14.9 Å². The van der Waals surface area contributed by atoms with Crippen molar-refractivity contribution in [3.05, 3.63) is 75.8 Å². The number of amides is 1. The smallest absolute Gasteiger partial charge is 0.269 e. The molecule has 1 saturated heterocycles. The number of carbonyl (C=O) groups excluding carboxylic acids is 1. The van der Waals surface area contributed by atoms with Crippen molar-refractivity contribution in [2.75, 3.05) is 6.54 Å². The van der Waals surface area contributed by atoms with Gasteiger partial charge in [-0.1, -0.05) is 42.5 Å². The second kappa shape index (κ2) is 6.83. The molecule has 1 aliphatic rings. The van der Waals surface area contributed by atoms with Crippen LogP contribution in [-0.4, -0.2) is 22.3 Å². The van der Waals surface area contributed by atoms with E-state index in [0.29, 0.717) is 0 Å². The molecule has 5 heteroatoms. The molecule has 1 heterocycles. The fraction of sp³-hybridized carbons (Fsp3) is 0.316. The maximum atomic E-state index is 13.0. The lowest BCUT2D eigenvalue weighted by molar-refractivity contribution is -0.384. The van der Waals surface area contributed by atoms with E-state index < -0.39 is 4.92 Å². The van der Waals surface area contributed by atoms with Gasteiger partial charge in [0.1, 0.15) is 0 Å². The molecule has 0 unspecified atom stereocenters. The number of rotatable bonds is 4. The number of likely N-dealkylation sites (tertiary alicyclic amines) is 1. The van der Waals surface area contributed by atoms with Gasteiger partial charge in [0.15, 0.2) is 0 Å². The predicted molar refractivity (Wildman–Crippen MR) is 91.6 cm³/mol. The zero-order valence-corrected chi connectivity index (χ0v) is 13.6. The Kier molecular flexibility index (Phi) is 4.60. The fourth-order valence-corrected chi connectivity index (χ4v) is 3.33. The Morgan fingerprint density at radius 2 is 1.79 bits per heavy atom. The van der Waals surface area contributed by atoms with Gasteiger partial charge in [-0.2, -0.15) is 0 Å². The van der Waals surface area contributed by atoms with E-state index >= 15 is 0 Å². The maximum Gasteiger partial charge on any atom is 0.269 e. The highest BCUT2D eigenvalue weighted by molar-refractivity contribution is 5.85. The second-order valence-corrected chi connectivity index (χ2v) is 6.16. The van der Waals surface area contributed by atoms with Gasteiger partial charge in [0.25, 0.3) is 5.69 Å². The molecule has 5 nitrogen and oxygen atoms in total. The maximum absolute atomic E-state index is 13.0. The number of hydrogen-bond donors (Lipinski definition) is 0. The minimum atomic E-state index is -0.420. The summed E-state index contributed by atoms with van der Waals surface area (Å²) >= 11 is 0. The Balaban J connectivity index is 1.81. The van der Waals surface area contributed by atoms with Gasteiger partial charge in [0, 0.05) is 18.7 Å². The summed E-state index contributed by atoms with van der Waals surface area (Å²) < 4.78 is 0. The first-order valence-electron chi connectivity index (χ1n) is 8.17. The van der Waals surface area contributed by atoms with Crippen molar-refractivity contribution in [3.63, 3.8) is 0 Å². The highest BCUT2D eigenvalue weighted by Crippen LogP contribution is 2.33. The van der Waals surface area contributed by atoms with Crippen LogP contribution < -0.4 is 0 Å². The Hall–Kier alpha value is -2.69. The van der Waals surface area contributed by atoms with Gasteiger partial charge in [0.2, 0.25) is 5.91 Å². The van der Waals surface area contributed by atoms with Crippen LogP contribution in [0.2, 0.25) is 0 Å². The van der Waals surface area contributed by atoms with Crippen LogP contribution >= 0.6 is 0 Å². The summed E-state index contributed by atoms with van der Waals surface area (Å²) in [6, 6.07) is 16.4. The average Bonchev–Trinajstić information content (AvgIpc) is 2.62. The first-order chi connectivity index (χ1) is 11.6. The highest BCUT2D eigenvalue weighted by Gasteiger charge is 2.33. The Morgan fingerprint density at radius 3 is 2.42 bits per heavy atom. The largest absolute Gasteiger partial charge is 0.335 e. The van der Waals surface area contributed by atoms with E-state index in [-0.39, 0.29) is 23.6 Å². The van der Waals surface area contributed by atoms with Crippen LogP contribution in [0.4, 0.5) is 5.69 Å². The Morgan fingerprint density at radius 1 is 1.12 bits per heavy atom. The van der Waals surface area contributed by atoms with E-state index in [2.05, 4.69) is 0 Å². The van der Waals surface area contributed by atoms with E-state index in [0.717, 1.165) is 30.5 Å². The Labute approximate surface area is 141 Å². The predicted octanol–water partition coefficient (Wildman–Crippen LogP) is 4.06. The summed E-state index contributed by atoms with van der Waals surface area (Å²) in [6.07, 6.45) is 1.72. The van der Waals surface area contributed by atoms with Gasteiger partial charge >= 0.3 is 0 Å². The SMILES string of the molecule is C[C@@H](c1ccccc1)N1CCC[C@@H](c2ccc([N+](=O)[O-])cc2)C1=O. The minimum Gasteiger partial charge on any atom is -0.335 e. The number of benzene rings is 2. The molecule has 1 fully saturated rings. The molecule has 124 valence electrons. The van der Waals surface area contributed by atoms with Crippen LogP contribution in [0.25, 0.3) is 0 Å². The van der Waals surface area contributed by atoms with Gasteiger partial charge in [0.05, 0.1) is 16.9 Å². The zero-order valence-electron chi connectivity index (χ0n) is 13.6. The van der Waals surface area contributed by atoms with Crippen molar-refractivity contribution >= 4 is 11.6 Å². The summed E-state index contributed by atoms with van der Waals surface area (Å²) in [7, 11) is 0. The summed E-state index contributed by atoms with van der Waals surface area (Å²) in [5, 5.41) is 10.8. The van der Waals surface area contributed by atoms with Gasteiger partial charge in [-0.15, -0.1) is 0 Å². The quantitative estimate of drug-likeness (QED) is 0.629. The first-order valence-corrected chi connectivity index (χ1v) is 8.17. The molecular weight excluding hydrogens is 304 g/mol. The van der Waals surface area contributed by atoms with Gasteiger partial charge < -0.3 is 4.90 Å². The number of nitro benzene ring substituents is 1. The van der Waals surface area contributed by atoms with Gasteiger partial charge in [-0.05, 0) is 30.9 Å². The van der Waals surface area contributed by atoms with Gasteiger partial charge in [-0.25, -0.2) is 0 Å². The number of non-ortho nitro benzene ring substituents is 1. The fourth-order valence-electron chi connectivity index (χ4n) is 3.33. The molecule has 2 atom stereocenters. The molecule has 0 aromatic heterocycles. The lowest BCUT2D eigenvalue weighted by Gasteiger charge is -2.37. The molecule has 0 saturated carbocycles. The van der Waals surface area contributed by atoms with Crippen molar-refractivity contribution in [2.24, 2.45) is 0 Å². The summed E-state index contributed by atoms with van der Waals surface area (Å²) in [5.41, 5.74) is 2.03. The number of hydrogen-bond acceptors (Lipinski definition) is 3. The highest BCUT2D eigenvalue weighted by atomic mass is 16.6. The van der Waals surface area contributed by atoms with Crippen LogP contribution in [0.1, 0.15) is 42.9 Å². The average molecular weight is 324 g/mol. The number of nitro groups is 1. The Bertz CT molecular complexity index is 728. The van der Waals surface area contributed by atoms with Crippen LogP contribution in [-0.2, 0) is 4.79 Å². The monoisotopic (exact) mass is 324 g/mol. The van der Waals surface area contributed by atoms with Crippen molar-refractivity contribution in [3.8, 4) is 0 Å². The van der Waals surface area contributed by atoms with Crippen molar-refractivity contribution in [2.45, 2.75) is 31.7 Å². The summed E-state index contributed by atoms with van der Waals surface area (Å²) in [5.74, 6) is -0.114. The molecule has 1 amide bonds. The van der Waals surface area contributed by atoms with Crippen LogP contribution in [0.5, 0.6) is 0 Å². The number of nitrogens with zero attached hydrogens (tertiary/aromatic N) is 2. The normalized spacial score (nSPS) is 19.1. The van der Waals surface area contributed by atoms with Crippen molar-refractivity contribution < 1.29 is 9.72 Å². The summed E-state index contributed by atoms with van der Waals surface area (Å²) in [4.78, 5) is 25.2. The third-order valence-electron chi connectivity index (χ3n) is 4.73. The van der Waals surface area contributed by atoms with Crippen LogP contribution in [0.3, 0.4) is 0 Å². The molecule has 0 aliphatic carbocycles. The van der Waals surface area contributed by atoms with Crippen molar-refractivity contribution in [1.29, 1.82) is 0 Å². The molecule has 0 radical (unpaired) electrons. The number of piperidine rings is 1. The molecule has 3 rings (SSSR count). The second-order valence-electron chi connectivity index (χ2n) is 6.16. The topological polar surface area (TPSA) is 63.4 Å². The van der Waals surface area contributed by atoms with Gasteiger partial charge in [-0.3, -0.25) is 14.9 Å². The number of carbonyl (C=O) groups is 1. The molecule has 24 heavy (non-hydrogen) atoms. The molecule has 2 aromatic rings. The lowest BCUT2D eigenvalue weighted by atomic mass is 9.88. The van der Waals surface area contributed by atoms with E-state index in [1.807, 2.05) is 42.2 Å². The minimum absolute atomic E-state index is 0.0274. The lowest BCUT2D eigenvalue weighted by Crippen LogP contribution is -2.41. The molecule has 0 bridgehead atoms. The molecule has 0 spiro atoms. The molecular formula is C19H20N2O3. The zero-order chi connectivity index (χ0) is 17.1.